The number of nitrogens with zero attached hydrogens (tertiary/aromatic N) is 9. The molecule has 0 spiro atoms. The zero-order valence-electron chi connectivity index (χ0n) is 15.4. The summed E-state index contributed by atoms with van der Waals surface area (Å²) in [5.74, 6) is 2.05. The first kappa shape index (κ1) is 16.8. The van der Waals surface area contributed by atoms with E-state index in [-0.39, 0.29) is 0 Å². The maximum absolute atomic E-state index is 5.51. The van der Waals surface area contributed by atoms with E-state index in [2.05, 4.69) is 31.6 Å². The van der Waals surface area contributed by atoms with E-state index in [1.165, 1.54) is 4.80 Å². The highest BCUT2D eigenvalue weighted by Crippen LogP contribution is 2.30. The molecular weight excluding hydrogens is 358 g/mol. The van der Waals surface area contributed by atoms with Gasteiger partial charge >= 0.3 is 0 Å². The summed E-state index contributed by atoms with van der Waals surface area (Å²) >= 11 is 0. The van der Waals surface area contributed by atoms with Crippen LogP contribution in [0.3, 0.4) is 0 Å². The molecule has 1 saturated heterocycles. The Hall–Kier alpha value is -3.40. The quantitative estimate of drug-likeness (QED) is 0.525. The van der Waals surface area contributed by atoms with Crippen LogP contribution in [0, 0.1) is 0 Å². The maximum atomic E-state index is 5.51. The Morgan fingerprint density at radius 1 is 0.964 bits per heavy atom. The fraction of sp³-hybridized carbons (Fsp3) is 0.333. The standard InChI is InChI=1S/C18H19N9O/c1-2-26-15(13-3-5-19-6-4-13)22-14-16(25-9-11-28-12-10-25)23-18(24-17(14)26)27-20-7-8-21-27/h3-8H,2,9-12H2,1H3. The molecule has 5 rings (SSSR count). The van der Waals surface area contributed by atoms with Crippen LogP contribution in [-0.2, 0) is 11.3 Å². The van der Waals surface area contributed by atoms with Crippen molar-refractivity contribution in [2.24, 2.45) is 0 Å². The third-order valence-corrected chi connectivity index (χ3v) is 4.73. The fourth-order valence-corrected chi connectivity index (χ4v) is 3.40. The van der Waals surface area contributed by atoms with Crippen molar-refractivity contribution in [2.45, 2.75) is 13.5 Å². The Balaban J connectivity index is 1.77. The van der Waals surface area contributed by atoms with E-state index in [0.29, 0.717) is 19.2 Å². The van der Waals surface area contributed by atoms with Crippen molar-refractivity contribution in [3.8, 4) is 17.3 Å². The molecule has 4 aromatic heterocycles. The molecule has 5 heterocycles. The van der Waals surface area contributed by atoms with Crippen molar-refractivity contribution in [3.05, 3.63) is 36.9 Å². The summed E-state index contributed by atoms with van der Waals surface area (Å²) in [6.45, 7) is 5.62. The first-order chi connectivity index (χ1) is 13.8. The Labute approximate surface area is 160 Å². The highest BCUT2D eigenvalue weighted by molar-refractivity contribution is 5.87. The smallest absolute Gasteiger partial charge is 0.272 e. The zero-order valence-corrected chi connectivity index (χ0v) is 15.4. The number of imidazole rings is 1. The third kappa shape index (κ3) is 2.78. The highest BCUT2D eigenvalue weighted by Gasteiger charge is 2.24. The number of aryl methyl sites for hydroxylation is 1. The van der Waals surface area contributed by atoms with Gasteiger partial charge in [0.25, 0.3) is 5.95 Å². The van der Waals surface area contributed by atoms with Gasteiger partial charge in [-0.05, 0) is 19.1 Å². The number of aromatic nitrogens is 8. The lowest BCUT2D eigenvalue weighted by Gasteiger charge is -2.27. The van der Waals surface area contributed by atoms with Gasteiger partial charge in [-0.1, -0.05) is 0 Å². The van der Waals surface area contributed by atoms with E-state index in [4.69, 9.17) is 19.7 Å². The van der Waals surface area contributed by atoms with Gasteiger partial charge in [0.1, 0.15) is 5.82 Å². The summed E-state index contributed by atoms with van der Waals surface area (Å²) in [7, 11) is 0. The molecule has 0 atom stereocenters. The number of morpholine rings is 1. The fourth-order valence-electron chi connectivity index (χ4n) is 3.40. The predicted octanol–water partition coefficient (Wildman–Crippen LogP) is 1.33. The van der Waals surface area contributed by atoms with Crippen molar-refractivity contribution in [3.63, 3.8) is 0 Å². The normalized spacial score (nSPS) is 14.7. The minimum atomic E-state index is 0.426. The van der Waals surface area contributed by atoms with Gasteiger partial charge in [-0.15, -0.1) is 4.80 Å². The summed E-state index contributed by atoms with van der Waals surface area (Å²) in [6, 6.07) is 3.90. The number of ether oxygens (including phenoxy) is 1. The van der Waals surface area contributed by atoms with Crippen LogP contribution < -0.4 is 4.90 Å². The SMILES string of the molecule is CCn1c(-c2ccncc2)nc2c(N3CCOCC3)nc(-n3nccn3)nc21. The number of pyridine rings is 1. The van der Waals surface area contributed by atoms with Crippen LogP contribution in [0.4, 0.5) is 5.82 Å². The van der Waals surface area contributed by atoms with Gasteiger partial charge in [-0.25, -0.2) is 4.98 Å². The van der Waals surface area contributed by atoms with Gasteiger partial charge in [-0.3, -0.25) is 4.98 Å². The van der Waals surface area contributed by atoms with Crippen LogP contribution in [0.25, 0.3) is 28.5 Å². The molecule has 10 nitrogen and oxygen atoms in total. The lowest BCUT2D eigenvalue weighted by atomic mass is 10.2. The molecular formula is C18H19N9O. The average Bonchev–Trinajstić information content (AvgIpc) is 3.42. The van der Waals surface area contributed by atoms with Crippen molar-refractivity contribution >= 4 is 17.0 Å². The van der Waals surface area contributed by atoms with Gasteiger partial charge in [0.15, 0.2) is 17.0 Å². The molecule has 1 aliphatic rings. The molecule has 0 bridgehead atoms. The Bertz CT molecular complexity index is 1090. The maximum Gasteiger partial charge on any atom is 0.272 e. The number of anilines is 1. The summed E-state index contributed by atoms with van der Waals surface area (Å²) < 4.78 is 7.59. The molecule has 0 radical (unpaired) electrons. The van der Waals surface area contributed by atoms with E-state index >= 15 is 0 Å². The van der Waals surface area contributed by atoms with E-state index in [1.807, 2.05) is 12.1 Å². The second-order valence-electron chi connectivity index (χ2n) is 6.35. The molecule has 0 aliphatic carbocycles. The van der Waals surface area contributed by atoms with E-state index in [1.54, 1.807) is 24.8 Å². The molecule has 28 heavy (non-hydrogen) atoms. The molecule has 0 N–H and O–H groups in total. The summed E-state index contributed by atoms with van der Waals surface area (Å²) in [4.78, 5) is 22.2. The first-order valence-corrected chi connectivity index (χ1v) is 9.23. The molecule has 142 valence electrons. The van der Waals surface area contributed by atoms with Crippen molar-refractivity contribution in [1.29, 1.82) is 0 Å². The van der Waals surface area contributed by atoms with Crippen molar-refractivity contribution in [2.75, 3.05) is 31.2 Å². The van der Waals surface area contributed by atoms with E-state index in [0.717, 1.165) is 48.0 Å². The minimum Gasteiger partial charge on any atom is -0.378 e. The highest BCUT2D eigenvalue weighted by atomic mass is 16.5. The second kappa shape index (κ2) is 6.97. The van der Waals surface area contributed by atoms with Crippen LogP contribution >= 0.6 is 0 Å². The van der Waals surface area contributed by atoms with Gasteiger partial charge in [0.2, 0.25) is 0 Å². The number of hydrogen-bond acceptors (Lipinski definition) is 8. The molecule has 0 unspecified atom stereocenters. The van der Waals surface area contributed by atoms with Gasteiger partial charge in [0.05, 0.1) is 25.6 Å². The average molecular weight is 377 g/mol. The lowest BCUT2D eigenvalue weighted by Crippen LogP contribution is -2.37. The predicted molar refractivity (Wildman–Crippen MR) is 102 cm³/mol. The van der Waals surface area contributed by atoms with Crippen LogP contribution in [0.15, 0.2) is 36.9 Å². The Morgan fingerprint density at radius 3 is 2.43 bits per heavy atom. The summed E-state index contributed by atoms with van der Waals surface area (Å²) in [5.41, 5.74) is 2.52. The largest absolute Gasteiger partial charge is 0.378 e. The second-order valence-corrected chi connectivity index (χ2v) is 6.35. The van der Waals surface area contributed by atoms with Gasteiger partial charge in [-0.2, -0.15) is 20.2 Å². The molecule has 10 heteroatoms. The number of rotatable bonds is 4. The number of hydrogen-bond donors (Lipinski definition) is 0. The van der Waals surface area contributed by atoms with E-state index < -0.39 is 0 Å². The molecule has 4 aromatic rings. The van der Waals surface area contributed by atoms with Gasteiger partial charge in [0, 0.05) is 37.6 Å². The van der Waals surface area contributed by atoms with Crippen LogP contribution in [0.2, 0.25) is 0 Å². The first-order valence-electron chi connectivity index (χ1n) is 9.23. The topological polar surface area (TPSA) is 99.7 Å². The molecule has 0 saturated carbocycles. The number of fused-ring (bicyclic) bond motifs is 1. The monoisotopic (exact) mass is 377 g/mol. The van der Waals surface area contributed by atoms with Crippen LogP contribution in [-0.4, -0.2) is 65.8 Å². The molecule has 1 fully saturated rings. The summed E-state index contributed by atoms with van der Waals surface area (Å²) in [6.07, 6.45) is 6.76. The van der Waals surface area contributed by atoms with Crippen molar-refractivity contribution in [1.82, 2.24) is 39.5 Å². The lowest BCUT2D eigenvalue weighted by molar-refractivity contribution is 0.122. The third-order valence-electron chi connectivity index (χ3n) is 4.73. The Morgan fingerprint density at radius 2 is 1.71 bits per heavy atom. The minimum absolute atomic E-state index is 0.426. The molecule has 1 aliphatic heterocycles. The van der Waals surface area contributed by atoms with E-state index in [9.17, 15) is 0 Å². The summed E-state index contributed by atoms with van der Waals surface area (Å²) in [5, 5.41) is 8.40. The Kier molecular flexibility index (Phi) is 4.17. The van der Waals surface area contributed by atoms with Crippen LogP contribution in [0.1, 0.15) is 6.92 Å². The zero-order chi connectivity index (χ0) is 18.9. The van der Waals surface area contributed by atoms with Crippen LogP contribution in [0.5, 0.6) is 0 Å². The molecule has 0 aromatic carbocycles. The van der Waals surface area contributed by atoms with Crippen molar-refractivity contribution < 1.29 is 4.74 Å². The molecule has 0 amide bonds. The van der Waals surface area contributed by atoms with Gasteiger partial charge < -0.3 is 14.2 Å².